The van der Waals surface area contributed by atoms with E-state index >= 15 is 0 Å². The number of benzene rings is 2. The van der Waals surface area contributed by atoms with Crippen molar-refractivity contribution in [2.45, 2.75) is 32.7 Å². The van der Waals surface area contributed by atoms with E-state index in [0.29, 0.717) is 24.4 Å². The molecule has 3 nitrogen and oxygen atoms in total. The van der Waals surface area contributed by atoms with Gasteiger partial charge in [-0.25, -0.2) is 4.39 Å². The highest BCUT2D eigenvalue weighted by Gasteiger charge is 2.15. The quantitative estimate of drug-likeness (QED) is 0.550. The van der Waals surface area contributed by atoms with Crippen molar-refractivity contribution in [1.29, 1.82) is 0 Å². The molecular formula is C21H21ClFNO2. The van der Waals surface area contributed by atoms with Gasteiger partial charge >= 0.3 is 5.97 Å². The summed E-state index contributed by atoms with van der Waals surface area (Å²) >= 11 is 5.98. The van der Waals surface area contributed by atoms with Crippen molar-refractivity contribution in [1.82, 2.24) is 4.57 Å². The number of rotatable bonds is 6. The van der Waals surface area contributed by atoms with E-state index in [1.54, 1.807) is 6.07 Å². The molecule has 0 aliphatic carbocycles. The molecular weight excluding hydrogens is 353 g/mol. The van der Waals surface area contributed by atoms with Gasteiger partial charge in [-0.05, 0) is 61.2 Å². The summed E-state index contributed by atoms with van der Waals surface area (Å²) < 4.78 is 20.7. The summed E-state index contributed by atoms with van der Waals surface area (Å²) in [4.78, 5) is 11.4. The second kappa shape index (κ2) is 7.92. The van der Waals surface area contributed by atoms with Gasteiger partial charge in [-0.3, -0.25) is 4.79 Å². The molecule has 5 heteroatoms. The molecule has 3 rings (SSSR count). The molecule has 0 saturated heterocycles. The zero-order chi connectivity index (χ0) is 18.7. The van der Waals surface area contributed by atoms with Gasteiger partial charge in [-0.15, -0.1) is 0 Å². The Labute approximate surface area is 157 Å². The van der Waals surface area contributed by atoms with Crippen LogP contribution in [0.25, 0.3) is 10.9 Å². The lowest BCUT2D eigenvalue weighted by atomic mass is 10.1. The van der Waals surface area contributed by atoms with Gasteiger partial charge in [-0.2, -0.15) is 0 Å². The van der Waals surface area contributed by atoms with Gasteiger partial charge in [0.1, 0.15) is 5.82 Å². The lowest BCUT2D eigenvalue weighted by molar-refractivity contribution is -0.140. The summed E-state index contributed by atoms with van der Waals surface area (Å²) in [7, 11) is 1.40. The van der Waals surface area contributed by atoms with Crippen molar-refractivity contribution in [2.24, 2.45) is 0 Å². The molecule has 136 valence electrons. The Bertz CT molecular complexity index is 931. The smallest absolute Gasteiger partial charge is 0.305 e. The van der Waals surface area contributed by atoms with E-state index in [9.17, 15) is 9.18 Å². The van der Waals surface area contributed by atoms with E-state index in [-0.39, 0.29) is 11.8 Å². The molecule has 0 N–H and O–H groups in total. The average Bonchev–Trinajstić information content (AvgIpc) is 2.88. The van der Waals surface area contributed by atoms with Gasteiger partial charge in [0.25, 0.3) is 0 Å². The number of nitrogens with zero attached hydrogens (tertiary/aromatic N) is 1. The first kappa shape index (κ1) is 18.5. The number of halogens is 2. The van der Waals surface area contributed by atoms with Gasteiger partial charge in [0, 0.05) is 34.6 Å². The first-order valence-electron chi connectivity index (χ1n) is 8.58. The van der Waals surface area contributed by atoms with E-state index in [4.69, 9.17) is 16.3 Å². The summed E-state index contributed by atoms with van der Waals surface area (Å²) in [6, 6.07) is 12.6. The van der Waals surface area contributed by atoms with Crippen LogP contribution in [0.4, 0.5) is 4.39 Å². The van der Waals surface area contributed by atoms with E-state index in [2.05, 4.69) is 4.57 Å². The molecule has 2 aromatic carbocycles. The van der Waals surface area contributed by atoms with Gasteiger partial charge in [0.15, 0.2) is 0 Å². The third-order valence-electron chi connectivity index (χ3n) is 4.69. The number of esters is 1. The summed E-state index contributed by atoms with van der Waals surface area (Å²) in [6.07, 6.45) is 1.78. The average molecular weight is 374 g/mol. The second-order valence-electron chi connectivity index (χ2n) is 6.38. The molecule has 0 aliphatic rings. The minimum atomic E-state index is -0.245. The summed E-state index contributed by atoms with van der Waals surface area (Å²) in [5.74, 6) is -0.459. The van der Waals surface area contributed by atoms with Gasteiger partial charge in [0.2, 0.25) is 0 Å². The monoisotopic (exact) mass is 373 g/mol. The van der Waals surface area contributed by atoms with Crippen molar-refractivity contribution in [3.05, 3.63) is 70.1 Å². The minimum absolute atomic E-state index is 0.214. The molecule has 0 fully saturated rings. The third-order valence-corrected chi connectivity index (χ3v) is 4.94. The zero-order valence-electron chi connectivity index (χ0n) is 14.9. The van der Waals surface area contributed by atoms with Gasteiger partial charge in [-0.1, -0.05) is 23.7 Å². The van der Waals surface area contributed by atoms with Crippen LogP contribution >= 0.6 is 11.6 Å². The highest BCUT2D eigenvalue weighted by molar-refractivity contribution is 6.30. The predicted molar refractivity (Wildman–Crippen MR) is 102 cm³/mol. The molecule has 0 spiro atoms. The Balaban J connectivity index is 1.98. The number of aromatic nitrogens is 1. The number of methoxy groups -OCH3 is 1. The summed E-state index contributed by atoms with van der Waals surface area (Å²) in [5, 5.41) is 1.61. The highest BCUT2D eigenvalue weighted by Crippen LogP contribution is 2.29. The molecule has 3 aromatic rings. The van der Waals surface area contributed by atoms with E-state index in [1.165, 1.54) is 13.2 Å². The van der Waals surface area contributed by atoms with Crippen LogP contribution in [0.3, 0.4) is 0 Å². The summed E-state index contributed by atoms with van der Waals surface area (Å²) in [5.41, 5.74) is 4.28. The Kier molecular flexibility index (Phi) is 5.62. The molecule has 0 aliphatic heterocycles. The maximum atomic E-state index is 13.7. The molecule has 1 aromatic heterocycles. The van der Waals surface area contributed by atoms with Crippen LogP contribution in [0.2, 0.25) is 5.02 Å². The number of aryl methyl sites for hydroxylation is 1. The molecule has 26 heavy (non-hydrogen) atoms. The molecule has 0 atom stereocenters. The van der Waals surface area contributed by atoms with Crippen molar-refractivity contribution < 1.29 is 13.9 Å². The fraction of sp³-hybridized carbons (Fsp3) is 0.286. The molecule has 1 heterocycles. The molecule has 0 radical (unpaired) electrons. The largest absolute Gasteiger partial charge is 0.469 e. The topological polar surface area (TPSA) is 31.2 Å². The number of carbonyl (C=O) groups is 1. The minimum Gasteiger partial charge on any atom is -0.469 e. The van der Waals surface area contributed by atoms with Crippen LogP contribution in [0, 0.1) is 12.7 Å². The zero-order valence-corrected chi connectivity index (χ0v) is 15.6. The molecule has 0 saturated carbocycles. The van der Waals surface area contributed by atoms with Crippen molar-refractivity contribution in [3.63, 3.8) is 0 Å². The van der Waals surface area contributed by atoms with Crippen LogP contribution in [0.5, 0.6) is 0 Å². The van der Waals surface area contributed by atoms with E-state index in [1.807, 2.05) is 37.3 Å². The number of fused-ring (bicyclic) bond motifs is 1. The highest BCUT2D eigenvalue weighted by atomic mass is 35.5. The fourth-order valence-electron chi connectivity index (χ4n) is 3.32. The third kappa shape index (κ3) is 3.91. The number of hydrogen-bond acceptors (Lipinski definition) is 2. The number of carbonyl (C=O) groups excluding carboxylic acids is 1. The normalized spacial score (nSPS) is 11.1. The van der Waals surface area contributed by atoms with Crippen molar-refractivity contribution >= 4 is 28.5 Å². The SMILES string of the molecule is COC(=O)CCCc1c(C)c2cc(F)ccc2n1Cc1ccc(Cl)cc1. The second-order valence-corrected chi connectivity index (χ2v) is 6.81. The van der Waals surface area contributed by atoms with Crippen LogP contribution in [-0.2, 0) is 22.5 Å². The van der Waals surface area contributed by atoms with E-state index in [0.717, 1.165) is 34.1 Å². The lowest BCUT2D eigenvalue weighted by Crippen LogP contribution is -2.07. The molecule has 0 unspecified atom stereocenters. The maximum Gasteiger partial charge on any atom is 0.305 e. The fourth-order valence-corrected chi connectivity index (χ4v) is 3.45. The van der Waals surface area contributed by atoms with Gasteiger partial charge in [0.05, 0.1) is 7.11 Å². The Morgan fingerprint density at radius 1 is 1.19 bits per heavy atom. The first-order chi connectivity index (χ1) is 12.5. The Hall–Kier alpha value is -2.33. The van der Waals surface area contributed by atoms with Crippen molar-refractivity contribution in [2.75, 3.05) is 7.11 Å². The van der Waals surface area contributed by atoms with Gasteiger partial charge < -0.3 is 9.30 Å². The first-order valence-corrected chi connectivity index (χ1v) is 8.96. The molecule has 0 amide bonds. The lowest BCUT2D eigenvalue weighted by Gasteiger charge is -2.12. The number of hydrogen-bond donors (Lipinski definition) is 0. The Morgan fingerprint density at radius 2 is 1.92 bits per heavy atom. The molecule has 0 bridgehead atoms. The predicted octanol–water partition coefficient (Wildman–Crippen LogP) is 5.29. The maximum absolute atomic E-state index is 13.7. The number of ether oxygens (including phenoxy) is 1. The van der Waals surface area contributed by atoms with Crippen LogP contribution in [0.15, 0.2) is 42.5 Å². The van der Waals surface area contributed by atoms with Crippen LogP contribution in [0.1, 0.15) is 29.7 Å². The standard InChI is InChI=1S/C21H21ClFNO2/c1-14-18-12-17(23)10-11-20(18)24(13-15-6-8-16(22)9-7-15)19(14)4-3-5-21(25)26-2/h6-12H,3-5,13H2,1-2H3. The van der Waals surface area contributed by atoms with E-state index < -0.39 is 0 Å². The van der Waals surface area contributed by atoms with Crippen LogP contribution in [-0.4, -0.2) is 17.6 Å². The van der Waals surface area contributed by atoms with Crippen molar-refractivity contribution in [3.8, 4) is 0 Å². The Morgan fingerprint density at radius 3 is 2.62 bits per heavy atom. The summed E-state index contributed by atoms with van der Waals surface area (Å²) in [6.45, 7) is 2.67. The van der Waals surface area contributed by atoms with Crippen LogP contribution < -0.4 is 0 Å².